The van der Waals surface area contributed by atoms with Gasteiger partial charge in [-0.05, 0) is 21.8 Å². The van der Waals surface area contributed by atoms with Crippen LogP contribution in [0.4, 0.5) is 0 Å². The van der Waals surface area contributed by atoms with E-state index < -0.39 is 24.2 Å². The largest absolute Gasteiger partial charge is 0.129 e. The molecule has 0 aliphatic carbocycles. The van der Waals surface area contributed by atoms with E-state index >= 15 is 0 Å². The fourth-order valence-corrected chi connectivity index (χ4v) is 13.9. The molecule has 0 N–H and O–H groups in total. The van der Waals surface area contributed by atoms with E-state index in [0.717, 1.165) is 16.6 Å². The lowest BCUT2D eigenvalue weighted by Gasteiger charge is -2.44. The van der Waals surface area contributed by atoms with E-state index in [1.54, 1.807) is 5.20 Å². The van der Waals surface area contributed by atoms with Gasteiger partial charge in [0.1, 0.15) is 16.1 Å². The van der Waals surface area contributed by atoms with Gasteiger partial charge in [0.15, 0.2) is 0 Å². The van der Waals surface area contributed by atoms with E-state index in [2.05, 4.69) is 98.0 Å². The van der Waals surface area contributed by atoms with Crippen LogP contribution in [0.2, 0.25) is 55.9 Å². The lowest BCUT2D eigenvalue weighted by molar-refractivity contribution is 0.828. The predicted octanol–water partition coefficient (Wildman–Crippen LogP) is 6.89. The zero-order chi connectivity index (χ0) is 17.9. The van der Waals surface area contributed by atoms with Crippen molar-refractivity contribution in [1.29, 1.82) is 0 Å². The summed E-state index contributed by atoms with van der Waals surface area (Å²) >= 11 is 0. The van der Waals surface area contributed by atoms with Crippen molar-refractivity contribution in [3.63, 3.8) is 0 Å². The molecule has 0 heterocycles. The monoisotopic (exact) mass is 352 g/mol. The molecule has 3 heteroatoms. The zero-order valence-corrected chi connectivity index (χ0v) is 20.3. The molecule has 128 valence electrons. The standard InChI is InChI=1S/C19H40Si3/c1-16(2)22(17(3)4,18(5)6)19(15-21(10,11)12)13-14-20(7,8)9/h15-18H,1-12H3/b19-15+. The maximum absolute atomic E-state index is 3.77. The van der Waals surface area contributed by atoms with E-state index in [0.29, 0.717) is 0 Å². The summed E-state index contributed by atoms with van der Waals surface area (Å²) in [5, 5.41) is 1.58. The maximum Gasteiger partial charge on any atom is 0.129 e. The van der Waals surface area contributed by atoms with E-state index in [1.165, 1.54) is 0 Å². The van der Waals surface area contributed by atoms with Crippen LogP contribution in [0.5, 0.6) is 0 Å². The van der Waals surface area contributed by atoms with Crippen molar-refractivity contribution >= 4 is 24.2 Å². The van der Waals surface area contributed by atoms with E-state index in [4.69, 9.17) is 0 Å². The SMILES string of the molecule is CC(C)[Si](/C(C#C[Si](C)(C)C)=C/[Si](C)(C)C)(C(C)C)C(C)C. The van der Waals surface area contributed by atoms with Crippen molar-refractivity contribution in [3.8, 4) is 11.5 Å². The molecule has 0 bridgehead atoms. The number of hydrogen-bond acceptors (Lipinski definition) is 0. The third-order valence-corrected chi connectivity index (χ3v) is 13.7. The molecule has 0 atom stereocenters. The molecule has 0 aliphatic heterocycles. The van der Waals surface area contributed by atoms with Gasteiger partial charge in [0.05, 0.1) is 8.07 Å². The molecule has 0 saturated heterocycles. The zero-order valence-electron chi connectivity index (χ0n) is 17.3. The molecule has 0 aromatic heterocycles. The molecule has 0 fully saturated rings. The Bertz CT molecular complexity index is 424. The normalized spacial score (nSPS) is 14.6. The minimum absolute atomic E-state index is 0.742. The Balaban J connectivity index is 6.45. The molecule has 0 nitrogen and oxygen atoms in total. The van der Waals surface area contributed by atoms with Crippen molar-refractivity contribution in [2.24, 2.45) is 0 Å². The summed E-state index contributed by atoms with van der Waals surface area (Å²) < 4.78 is 0. The second-order valence-corrected chi connectivity index (χ2v) is 25.5. The first-order valence-corrected chi connectivity index (χ1v) is 18.2. The topological polar surface area (TPSA) is 0 Å². The fourth-order valence-electron chi connectivity index (χ4n) is 3.89. The Kier molecular flexibility index (Phi) is 7.66. The molecule has 0 aromatic carbocycles. The van der Waals surface area contributed by atoms with E-state index in [1.807, 2.05) is 0 Å². The highest BCUT2D eigenvalue weighted by Crippen LogP contribution is 2.46. The molecule has 0 rings (SSSR count). The molecule has 22 heavy (non-hydrogen) atoms. The van der Waals surface area contributed by atoms with Crippen molar-refractivity contribution in [2.45, 2.75) is 97.4 Å². The molecule has 0 aliphatic rings. The number of rotatable bonds is 5. The van der Waals surface area contributed by atoms with Crippen molar-refractivity contribution < 1.29 is 0 Å². The smallest absolute Gasteiger partial charge is 0.127 e. The lowest BCUT2D eigenvalue weighted by Crippen LogP contribution is -2.47. The van der Waals surface area contributed by atoms with Gasteiger partial charge in [-0.3, -0.25) is 0 Å². The van der Waals surface area contributed by atoms with Gasteiger partial charge in [0.25, 0.3) is 0 Å². The predicted molar refractivity (Wildman–Crippen MR) is 114 cm³/mol. The van der Waals surface area contributed by atoms with Gasteiger partial charge < -0.3 is 0 Å². The first kappa shape index (κ1) is 22.0. The van der Waals surface area contributed by atoms with Gasteiger partial charge in [-0.15, -0.1) is 5.54 Å². The third kappa shape index (κ3) is 5.87. The highest BCUT2D eigenvalue weighted by Gasteiger charge is 2.46. The minimum atomic E-state index is -1.62. The molecule has 0 unspecified atom stereocenters. The van der Waals surface area contributed by atoms with Crippen LogP contribution >= 0.6 is 0 Å². The third-order valence-electron chi connectivity index (χ3n) is 4.48. The lowest BCUT2D eigenvalue weighted by atomic mass is 10.5. The maximum atomic E-state index is 3.77. The van der Waals surface area contributed by atoms with Crippen LogP contribution in [0.3, 0.4) is 0 Å². The first-order valence-electron chi connectivity index (χ1n) is 8.91. The van der Waals surface area contributed by atoms with Crippen LogP contribution in [0.1, 0.15) is 41.5 Å². The molecular weight excluding hydrogens is 312 g/mol. The average molecular weight is 353 g/mol. The summed E-state index contributed by atoms with van der Waals surface area (Å²) in [4.78, 5) is 0. The summed E-state index contributed by atoms with van der Waals surface area (Å²) in [6.07, 6.45) is 0. The van der Waals surface area contributed by atoms with Crippen LogP contribution in [-0.2, 0) is 0 Å². The van der Waals surface area contributed by atoms with Gasteiger partial charge in [0.2, 0.25) is 0 Å². The highest BCUT2D eigenvalue weighted by molar-refractivity contribution is 6.93. The molecule has 0 radical (unpaired) electrons. The van der Waals surface area contributed by atoms with Crippen LogP contribution in [0.25, 0.3) is 0 Å². The van der Waals surface area contributed by atoms with Crippen LogP contribution in [0.15, 0.2) is 10.9 Å². The second kappa shape index (κ2) is 7.68. The Labute approximate surface area is 144 Å². The average Bonchev–Trinajstić information content (AvgIpc) is 2.21. The van der Waals surface area contributed by atoms with Crippen LogP contribution < -0.4 is 0 Å². The summed E-state index contributed by atoms with van der Waals surface area (Å²) in [6, 6.07) is 0. The van der Waals surface area contributed by atoms with Gasteiger partial charge in [-0.1, -0.05) is 92.4 Å². The van der Waals surface area contributed by atoms with Crippen molar-refractivity contribution in [2.75, 3.05) is 0 Å². The van der Waals surface area contributed by atoms with Crippen LogP contribution in [-0.4, -0.2) is 24.2 Å². The fraction of sp³-hybridized carbons (Fsp3) is 0.789. The molecule has 0 amide bonds. The van der Waals surface area contributed by atoms with Crippen molar-refractivity contribution in [3.05, 3.63) is 10.9 Å². The Hall–Kier alpha value is -0.0494. The van der Waals surface area contributed by atoms with Crippen molar-refractivity contribution in [1.82, 2.24) is 0 Å². The van der Waals surface area contributed by atoms with Gasteiger partial charge in [-0.2, -0.15) is 0 Å². The Morgan fingerprint density at radius 3 is 1.32 bits per heavy atom. The second-order valence-electron chi connectivity index (χ2n) is 9.82. The summed E-state index contributed by atoms with van der Waals surface area (Å²) in [5.41, 5.74) is 8.56. The summed E-state index contributed by atoms with van der Waals surface area (Å²) in [7, 11) is -4.24. The van der Waals surface area contributed by atoms with Crippen LogP contribution in [0, 0.1) is 11.5 Å². The molecule has 0 aromatic rings. The Morgan fingerprint density at radius 1 is 0.727 bits per heavy atom. The van der Waals surface area contributed by atoms with Gasteiger partial charge >= 0.3 is 0 Å². The first-order chi connectivity index (χ1) is 9.64. The summed E-state index contributed by atoms with van der Waals surface area (Å²) in [6.45, 7) is 29.1. The molecule has 0 saturated carbocycles. The summed E-state index contributed by atoms with van der Waals surface area (Å²) in [5.74, 6) is 3.77. The van der Waals surface area contributed by atoms with E-state index in [-0.39, 0.29) is 0 Å². The Morgan fingerprint density at radius 2 is 1.09 bits per heavy atom. The molecule has 0 spiro atoms. The molecular formula is C19H40Si3. The highest BCUT2D eigenvalue weighted by atomic mass is 28.3. The number of hydrogen-bond donors (Lipinski definition) is 0. The minimum Gasteiger partial charge on any atom is -0.127 e. The van der Waals surface area contributed by atoms with Gasteiger partial charge in [-0.25, -0.2) is 0 Å². The van der Waals surface area contributed by atoms with Gasteiger partial charge in [0, 0.05) is 0 Å². The van der Waals surface area contributed by atoms with E-state index in [9.17, 15) is 0 Å². The number of allylic oxidation sites excluding steroid dienone is 1. The quantitative estimate of drug-likeness (QED) is 0.373.